The van der Waals surface area contributed by atoms with Gasteiger partial charge in [-0.15, -0.1) is 0 Å². The van der Waals surface area contributed by atoms with Gasteiger partial charge in [0.05, 0.1) is 17.3 Å². The molecular weight excluding hydrogens is 247 g/mol. The Bertz CT molecular complexity index is 751. The van der Waals surface area contributed by atoms with Gasteiger partial charge in [-0.3, -0.25) is 0 Å². The largest absolute Gasteiger partial charge is 0.308 e. The average molecular weight is 258 g/mol. The van der Waals surface area contributed by atoms with E-state index in [0.717, 1.165) is 0 Å². The Balaban J connectivity index is 2.23. The minimum Gasteiger partial charge on any atom is -0.308 e. The lowest BCUT2D eigenvalue weighted by Crippen LogP contribution is -2.09. The molecule has 0 bridgehead atoms. The van der Waals surface area contributed by atoms with Gasteiger partial charge in [0.1, 0.15) is 12.1 Å². The molecule has 0 unspecified atom stereocenters. The number of hydrogen-bond acceptors (Lipinski definition) is 5. The summed E-state index contributed by atoms with van der Waals surface area (Å²) in [6, 6.07) is 4.89. The Morgan fingerprint density at radius 3 is 2.89 bits per heavy atom. The number of nitrogens with zero attached hydrogens (tertiary/aromatic N) is 4. The summed E-state index contributed by atoms with van der Waals surface area (Å²) in [6.45, 7) is 1.71. The summed E-state index contributed by atoms with van der Waals surface area (Å²) in [5.41, 5.74) is 4.22. The molecule has 0 fully saturated rings. The number of nitrogens with one attached hydrogen (secondary N) is 1. The summed E-state index contributed by atoms with van der Waals surface area (Å²) < 4.78 is 15.2. The van der Waals surface area contributed by atoms with Gasteiger partial charge in [-0.1, -0.05) is 6.07 Å². The molecule has 0 aliphatic carbocycles. The van der Waals surface area contributed by atoms with Crippen LogP contribution in [0.25, 0.3) is 16.7 Å². The van der Waals surface area contributed by atoms with Crippen molar-refractivity contribution in [3.05, 3.63) is 42.1 Å². The van der Waals surface area contributed by atoms with Crippen LogP contribution in [-0.4, -0.2) is 19.7 Å². The van der Waals surface area contributed by atoms with Crippen LogP contribution in [-0.2, 0) is 0 Å². The van der Waals surface area contributed by atoms with Crippen LogP contribution in [0.4, 0.5) is 10.2 Å². The van der Waals surface area contributed by atoms with E-state index in [0.29, 0.717) is 28.1 Å². The molecule has 0 atom stereocenters. The predicted molar refractivity (Wildman–Crippen MR) is 69.2 cm³/mol. The topological polar surface area (TPSA) is 81.7 Å². The van der Waals surface area contributed by atoms with Crippen molar-refractivity contribution in [1.29, 1.82) is 0 Å². The van der Waals surface area contributed by atoms with Crippen molar-refractivity contribution in [2.45, 2.75) is 6.92 Å². The zero-order chi connectivity index (χ0) is 13.4. The van der Waals surface area contributed by atoms with Crippen LogP contribution in [0.15, 0.2) is 30.7 Å². The first-order valence-electron chi connectivity index (χ1n) is 5.62. The molecule has 19 heavy (non-hydrogen) atoms. The smallest absolute Gasteiger partial charge is 0.168 e. The average Bonchev–Trinajstić information content (AvgIpc) is 2.85. The summed E-state index contributed by atoms with van der Waals surface area (Å²) in [7, 11) is 0. The van der Waals surface area contributed by atoms with E-state index >= 15 is 0 Å². The summed E-state index contributed by atoms with van der Waals surface area (Å²) in [5.74, 6) is 5.56. The van der Waals surface area contributed by atoms with E-state index in [4.69, 9.17) is 5.84 Å². The van der Waals surface area contributed by atoms with E-state index in [1.165, 1.54) is 12.4 Å². The quantitative estimate of drug-likeness (QED) is 0.538. The molecule has 3 aromatic rings. The van der Waals surface area contributed by atoms with E-state index < -0.39 is 0 Å². The van der Waals surface area contributed by atoms with Crippen molar-refractivity contribution in [1.82, 2.24) is 19.7 Å². The van der Waals surface area contributed by atoms with Gasteiger partial charge >= 0.3 is 0 Å². The number of benzene rings is 1. The first kappa shape index (κ1) is 11.5. The summed E-state index contributed by atoms with van der Waals surface area (Å²) in [4.78, 5) is 8.14. The van der Waals surface area contributed by atoms with Crippen LogP contribution in [0, 0.1) is 12.7 Å². The minimum absolute atomic E-state index is 0.285. The lowest BCUT2D eigenvalue weighted by molar-refractivity contribution is 0.616. The van der Waals surface area contributed by atoms with Crippen molar-refractivity contribution in [3.63, 3.8) is 0 Å². The maximum Gasteiger partial charge on any atom is 0.168 e. The van der Waals surface area contributed by atoms with E-state index in [2.05, 4.69) is 20.5 Å². The summed E-state index contributed by atoms with van der Waals surface area (Å²) >= 11 is 0. The number of rotatable bonds is 2. The van der Waals surface area contributed by atoms with Crippen molar-refractivity contribution >= 4 is 16.9 Å². The number of fused-ring (bicyclic) bond motifs is 1. The van der Waals surface area contributed by atoms with Gasteiger partial charge in [0.15, 0.2) is 11.5 Å². The molecule has 3 N–H and O–H groups in total. The highest BCUT2D eigenvalue weighted by Gasteiger charge is 2.11. The highest BCUT2D eigenvalue weighted by atomic mass is 19.1. The second-order valence-electron chi connectivity index (χ2n) is 4.09. The fraction of sp³-hybridized carbons (Fsp3) is 0.0833. The summed E-state index contributed by atoms with van der Waals surface area (Å²) in [5, 5.41) is 4.87. The van der Waals surface area contributed by atoms with Crippen LogP contribution >= 0.6 is 0 Å². The van der Waals surface area contributed by atoms with Gasteiger partial charge in [-0.05, 0) is 24.6 Å². The fourth-order valence-electron chi connectivity index (χ4n) is 1.86. The van der Waals surface area contributed by atoms with Crippen molar-refractivity contribution in [2.75, 3.05) is 5.43 Å². The molecule has 0 spiro atoms. The van der Waals surface area contributed by atoms with E-state index in [1.54, 1.807) is 29.9 Å². The molecule has 3 rings (SSSR count). The van der Waals surface area contributed by atoms with E-state index in [-0.39, 0.29) is 5.82 Å². The lowest BCUT2D eigenvalue weighted by Gasteiger charge is -2.05. The monoisotopic (exact) mass is 258 g/mol. The molecule has 7 heteroatoms. The molecule has 0 saturated heterocycles. The third-order valence-corrected chi connectivity index (χ3v) is 2.90. The zero-order valence-electron chi connectivity index (χ0n) is 10.1. The zero-order valence-corrected chi connectivity index (χ0v) is 10.1. The highest BCUT2D eigenvalue weighted by molar-refractivity contribution is 5.86. The number of hydrogen-bond donors (Lipinski definition) is 2. The van der Waals surface area contributed by atoms with Gasteiger partial charge in [0, 0.05) is 0 Å². The van der Waals surface area contributed by atoms with E-state index in [9.17, 15) is 4.39 Å². The Labute approximate surface area is 108 Å². The number of anilines is 1. The molecular formula is C12H11FN6. The molecule has 2 aromatic heterocycles. The Kier molecular flexibility index (Phi) is 2.60. The standard InChI is InChI=1S/C12H11FN6/c1-7-2-3-8(4-10(7)13)19-12-9(5-17-19)11(18-14)15-6-16-12/h2-6H,14H2,1H3,(H,15,16,18). The molecule has 96 valence electrons. The van der Waals surface area contributed by atoms with Gasteiger partial charge in [-0.2, -0.15) is 5.10 Å². The summed E-state index contributed by atoms with van der Waals surface area (Å²) in [6.07, 6.45) is 2.96. The Morgan fingerprint density at radius 2 is 2.16 bits per heavy atom. The maximum atomic E-state index is 13.6. The number of nitrogens with two attached hydrogens (primary N) is 1. The predicted octanol–water partition coefficient (Wildman–Crippen LogP) is 1.55. The first-order valence-corrected chi connectivity index (χ1v) is 5.62. The van der Waals surface area contributed by atoms with Gasteiger partial charge in [-0.25, -0.2) is 24.9 Å². The second-order valence-corrected chi connectivity index (χ2v) is 4.09. The molecule has 0 aliphatic heterocycles. The number of hydrazine groups is 1. The van der Waals surface area contributed by atoms with Crippen molar-refractivity contribution < 1.29 is 4.39 Å². The molecule has 0 amide bonds. The molecule has 0 radical (unpaired) electrons. The fourth-order valence-corrected chi connectivity index (χ4v) is 1.86. The van der Waals surface area contributed by atoms with Gasteiger partial charge in [0.25, 0.3) is 0 Å². The van der Waals surface area contributed by atoms with E-state index in [1.807, 2.05) is 0 Å². The Morgan fingerprint density at radius 1 is 1.32 bits per heavy atom. The third-order valence-electron chi connectivity index (χ3n) is 2.90. The lowest BCUT2D eigenvalue weighted by atomic mass is 10.2. The molecule has 2 heterocycles. The molecule has 6 nitrogen and oxygen atoms in total. The first-order chi connectivity index (χ1) is 9.20. The minimum atomic E-state index is -0.285. The SMILES string of the molecule is Cc1ccc(-n2ncc3c(NN)ncnc32)cc1F. The number of halogens is 1. The number of nitrogen functional groups attached to an aromatic ring is 1. The van der Waals surface area contributed by atoms with Crippen LogP contribution in [0.1, 0.15) is 5.56 Å². The maximum absolute atomic E-state index is 13.6. The Hall–Kier alpha value is -2.54. The van der Waals surface area contributed by atoms with Gasteiger partial charge in [0.2, 0.25) is 0 Å². The van der Waals surface area contributed by atoms with Gasteiger partial charge < -0.3 is 5.43 Å². The highest BCUT2D eigenvalue weighted by Crippen LogP contribution is 2.21. The van der Waals surface area contributed by atoms with Crippen molar-refractivity contribution in [3.8, 4) is 5.69 Å². The number of aromatic nitrogens is 4. The van der Waals surface area contributed by atoms with Crippen molar-refractivity contribution in [2.24, 2.45) is 5.84 Å². The molecule has 1 aromatic carbocycles. The molecule has 0 saturated carbocycles. The number of aryl methyl sites for hydroxylation is 1. The second kappa shape index (κ2) is 4.29. The van der Waals surface area contributed by atoms with Crippen LogP contribution in [0.5, 0.6) is 0 Å². The normalized spacial score (nSPS) is 10.9. The molecule has 0 aliphatic rings. The van der Waals surface area contributed by atoms with Crippen LogP contribution < -0.4 is 11.3 Å². The van der Waals surface area contributed by atoms with Crippen LogP contribution in [0.2, 0.25) is 0 Å². The van der Waals surface area contributed by atoms with Crippen LogP contribution in [0.3, 0.4) is 0 Å². The third kappa shape index (κ3) is 1.80.